The van der Waals surface area contributed by atoms with Crippen molar-refractivity contribution in [2.45, 2.75) is 19.5 Å². The van der Waals surface area contributed by atoms with Crippen LogP contribution in [0, 0.1) is 0 Å². The van der Waals surface area contributed by atoms with Crippen LogP contribution in [0.1, 0.15) is 11.1 Å². The zero-order valence-electron chi connectivity index (χ0n) is 18.6. The third-order valence-electron chi connectivity index (χ3n) is 5.06. The van der Waals surface area contributed by atoms with Gasteiger partial charge in [-0.15, -0.1) is 13.2 Å². The standard InChI is InChI=1S/C24H20F3N5O4/c25-24(26,27)36-19-8-6-18(7-9-19)32-21(33)15-31(23(32)35)14-17-10-11-28-13-20(17)30-22(34)29-12-16-4-2-1-3-5-16/h1-11,13,15,33H,12,14H2,(H2,29,30,34). The van der Waals surface area contributed by atoms with Crippen LogP contribution in [-0.2, 0) is 13.1 Å². The van der Waals surface area contributed by atoms with Gasteiger partial charge in [0.25, 0.3) is 0 Å². The van der Waals surface area contributed by atoms with Gasteiger partial charge < -0.3 is 20.5 Å². The molecule has 0 radical (unpaired) electrons. The quantitative estimate of drug-likeness (QED) is 0.356. The summed E-state index contributed by atoms with van der Waals surface area (Å²) in [5.74, 6) is -0.884. The highest BCUT2D eigenvalue weighted by Crippen LogP contribution is 2.25. The number of anilines is 1. The summed E-state index contributed by atoms with van der Waals surface area (Å²) in [6, 6.07) is 15.0. The number of amides is 2. The largest absolute Gasteiger partial charge is 0.573 e. The van der Waals surface area contributed by atoms with Gasteiger partial charge in [0.05, 0.1) is 30.3 Å². The van der Waals surface area contributed by atoms with Crippen molar-refractivity contribution >= 4 is 11.7 Å². The van der Waals surface area contributed by atoms with E-state index < -0.39 is 29.7 Å². The van der Waals surface area contributed by atoms with Crippen LogP contribution >= 0.6 is 0 Å². The molecule has 0 unspecified atom stereocenters. The first kappa shape index (κ1) is 24.4. The SMILES string of the molecule is O=C(NCc1ccccc1)Nc1cnccc1Cn1cc(O)n(-c2ccc(OC(F)(F)F)cc2)c1=O. The normalized spacial score (nSPS) is 11.2. The molecule has 2 heterocycles. The lowest BCUT2D eigenvalue weighted by Gasteiger charge is -2.12. The van der Waals surface area contributed by atoms with E-state index in [-0.39, 0.29) is 12.2 Å². The first-order valence-corrected chi connectivity index (χ1v) is 10.6. The number of pyridine rings is 1. The lowest BCUT2D eigenvalue weighted by Crippen LogP contribution is -2.29. The topological polar surface area (TPSA) is 110 Å². The second-order valence-corrected chi connectivity index (χ2v) is 7.60. The minimum Gasteiger partial charge on any atom is -0.493 e. The van der Waals surface area contributed by atoms with Crippen molar-refractivity contribution in [2.75, 3.05) is 5.32 Å². The molecule has 2 aromatic carbocycles. The van der Waals surface area contributed by atoms with Crippen LogP contribution < -0.4 is 21.1 Å². The van der Waals surface area contributed by atoms with Gasteiger partial charge in [0.1, 0.15) is 5.75 Å². The van der Waals surface area contributed by atoms with Crippen LogP contribution in [0.5, 0.6) is 11.6 Å². The number of aromatic hydroxyl groups is 1. The second kappa shape index (κ2) is 10.3. The lowest BCUT2D eigenvalue weighted by atomic mass is 10.2. The van der Waals surface area contributed by atoms with Crippen molar-refractivity contribution in [1.82, 2.24) is 19.4 Å². The Morgan fingerprint density at radius 3 is 2.47 bits per heavy atom. The van der Waals surface area contributed by atoms with Crippen molar-refractivity contribution in [3.8, 4) is 17.3 Å². The van der Waals surface area contributed by atoms with E-state index in [1.54, 1.807) is 6.07 Å². The highest BCUT2D eigenvalue weighted by Gasteiger charge is 2.31. The van der Waals surface area contributed by atoms with E-state index in [0.29, 0.717) is 17.8 Å². The van der Waals surface area contributed by atoms with E-state index in [1.807, 2.05) is 30.3 Å². The van der Waals surface area contributed by atoms with Crippen molar-refractivity contribution in [2.24, 2.45) is 0 Å². The number of halogens is 3. The Morgan fingerprint density at radius 1 is 1.06 bits per heavy atom. The molecule has 3 N–H and O–H groups in total. The summed E-state index contributed by atoms with van der Waals surface area (Å²) in [4.78, 5) is 29.3. The maximum Gasteiger partial charge on any atom is 0.573 e. The summed E-state index contributed by atoms with van der Waals surface area (Å²) in [5.41, 5.74) is 1.30. The molecule has 0 bridgehead atoms. The Labute approximate surface area is 202 Å². The van der Waals surface area contributed by atoms with E-state index in [9.17, 15) is 27.9 Å². The Hall–Kier alpha value is -4.74. The number of benzene rings is 2. The number of ether oxygens (including phenoxy) is 1. The van der Waals surface area contributed by atoms with Crippen LogP contribution in [0.3, 0.4) is 0 Å². The molecule has 4 aromatic rings. The highest BCUT2D eigenvalue weighted by molar-refractivity contribution is 5.89. The predicted octanol–water partition coefficient (Wildman–Crippen LogP) is 4.01. The molecule has 186 valence electrons. The predicted molar refractivity (Wildman–Crippen MR) is 124 cm³/mol. The minimum atomic E-state index is -4.85. The number of carbonyl (C=O) groups excluding carboxylic acids is 1. The number of urea groups is 1. The number of imidazole rings is 1. The number of alkyl halides is 3. The fourth-order valence-electron chi connectivity index (χ4n) is 3.43. The number of rotatable bonds is 7. The Bertz CT molecular complexity index is 1400. The number of nitrogens with one attached hydrogen (secondary N) is 2. The molecular weight excluding hydrogens is 479 g/mol. The molecule has 0 fully saturated rings. The van der Waals surface area contributed by atoms with Gasteiger partial charge in [-0.25, -0.2) is 14.2 Å². The number of carbonyl (C=O) groups is 1. The molecule has 0 aliphatic heterocycles. The molecule has 0 aliphatic carbocycles. The van der Waals surface area contributed by atoms with E-state index in [4.69, 9.17) is 0 Å². The molecule has 0 saturated carbocycles. The number of hydrogen-bond donors (Lipinski definition) is 3. The zero-order chi connectivity index (χ0) is 25.7. The van der Waals surface area contributed by atoms with Crippen molar-refractivity contribution in [3.05, 3.63) is 101 Å². The number of nitrogens with zero attached hydrogens (tertiary/aromatic N) is 3. The maximum atomic E-state index is 12.9. The Balaban J connectivity index is 1.49. The fourth-order valence-corrected chi connectivity index (χ4v) is 3.43. The first-order valence-electron chi connectivity index (χ1n) is 10.6. The van der Waals surface area contributed by atoms with Crippen LogP contribution in [0.15, 0.2) is 84.0 Å². The molecule has 0 saturated heterocycles. The Morgan fingerprint density at radius 2 is 1.78 bits per heavy atom. The first-order chi connectivity index (χ1) is 17.2. The Kier molecular flexibility index (Phi) is 6.95. The summed E-state index contributed by atoms with van der Waals surface area (Å²) < 4.78 is 43.1. The van der Waals surface area contributed by atoms with E-state index in [0.717, 1.165) is 22.3 Å². The summed E-state index contributed by atoms with van der Waals surface area (Å²) >= 11 is 0. The third kappa shape index (κ3) is 6.03. The average molecular weight is 499 g/mol. The molecule has 0 aliphatic rings. The molecule has 0 spiro atoms. The summed E-state index contributed by atoms with van der Waals surface area (Å²) in [6.07, 6.45) is -0.747. The smallest absolute Gasteiger partial charge is 0.493 e. The molecular formula is C24H20F3N5O4. The molecule has 0 atom stereocenters. The van der Waals surface area contributed by atoms with Gasteiger partial charge >= 0.3 is 18.1 Å². The van der Waals surface area contributed by atoms with E-state index in [1.165, 1.54) is 35.3 Å². The van der Waals surface area contributed by atoms with Crippen LogP contribution in [-0.4, -0.2) is 31.6 Å². The third-order valence-corrected chi connectivity index (χ3v) is 5.06. The average Bonchev–Trinajstić information content (AvgIpc) is 3.12. The lowest BCUT2D eigenvalue weighted by molar-refractivity contribution is -0.274. The number of hydrogen-bond acceptors (Lipinski definition) is 5. The summed E-state index contributed by atoms with van der Waals surface area (Å²) in [6.45, 7) is 0.288. The van der Waals surface area contributed by atoms with Crippen molar-refractivity contribution in [3.63, 3.8) is 0 Å². The summed E-state index contributed by atoms with van der Waals surface area (Å²) in [5, 5.41) is 15.8. The monoisotopic (exact) mass is 499 g/mol. The zero-order valence-corrected chi connectivity index (χ0v) is 18.6. The highest BCUT2D eigenvalue weighted by atomic mass is 19.4. The molecule has 36 heavy (non-hydrogen) atoms. The van der Waals surface area contributed by atoms with Gasteiger partial charge in [0.2, 0.25) is 5.88 Å². The van der Waals surface area contributed by atoms with Gasteiger partial charge in [-0.1, -0.05) is 30.3 Å². The van der Waals surface area contributed by atoms with E-state index in [2.05, 4.69) is 20.4 Å². The van der Waals surface area contributed by atoms with Gasteiger partial charge in [-0.3, -0.25) is 9.55 Å². The van der Waals surface area contributed by atoms with Crippen LogP contribution in [0.4, 0.5) is 23.7 Å². The van der Waals surface area contributed by atoms with Gasteiger partial charge in [0, 0.05) is 12.7 Å². The van der Waals surface area contributed by atoms with Gasteiger partial charge in [-0.05, 0) is 41.5 Å². The second-order valence-electron chi connectivity index (χ2n) is 7.60. The van der Waals surface area contributed by atoms with Crippen LogP contribution in [0.25, 0.3) is 5.69 Å². The summed E-state index contributed by atoms with van der Waals surface area (Å²) in [7, 11) is 0. The minimum absolute atomic E-state index is 0.0223. The van der Waals surface area contributed by atoms with Crippen LogP contribution in [0.2, 0.25) is 0 Å². The fraction of sp³-hybridized carbons (Fsp3) is 0.125. The molecule has 4 rings (SSSR count). The van der Waals surface area contributed by atoms with Crippen molar-refractivity contribution < 1.29 is 27.8 Å². The van der Waals surface area contributed by atoms with Crippen molar-refractivity contribution in [1.29, 1.82) is 0 Å². The molecule has 12 heteroatoms. The maximum absolute atomic E-state index is 12.9. The van der Waals surface area contributed by atoms with Gasteiger partial charge in [-0.2, -0.15) is 0 Å². The number of aromatic nitrogens is 3. The molecule has 2 aromatic heterocycles. The molecule has 9 nitrogen and oxygen atoms in total. The molecule has 2 amide bonds. The van der Waals surface area contributed by atoms with Gasteiger partial charge in [0.15, 0.2) is 0 Å². The van der Waals surface area contributed by atoms with E-state index >= 15 is 0 Å².